The molecule has 3 aromatic rings. The van der Waals surface area contributed by atoms with Crippen LogP contribution in [-0.4, -0.2) is 21.6 Å². The zero-order valence-corrected chi connectivity index (χ0v) is 29.1. The number of rotatable bonds is 9. The third-order valence-electron chi connectivity index (χ3n) is 5.79. The van der Waals surface area contributed by atoms with Gasteiger partial charge in [0, 0.05) is 73.6 Å². The Hall–Kier alpha value is -4.22. The van der Waals surface area contributed by atoms with Crippen LogP contribution in [0, 0.1) is 54.5 Å². The van der Waals surface area contributed by atoms with Gasteiger partial charge < -0.3 is 28.0 Å². The van der Waals surface area contributed by atoms with Crippen molar-refractivity contribution in [3.05, 3.63) is 90.3 Å². The van der Waals surface area contributed by atoms with E-state index in [0.717, 1.165) is 37.5 Å². The molecule has 3 rings (SSSR count). The zero-order valence-electron chi connectivity index (χ0n) is 29.1. The number of hydrogen-bond acceptors (Lipinski definition) is 6. The predicted octanol–water partition coefficient (Wildman–Crippen LogP) is 2.85. The summed E-state index contributed by atoms with van der Waals surface area (Å²) in [5.41, 5.74) is 3.99. The monoisotopic (exact) mass is 666 g/mol. The number of aryl methyl sites for hydroxylation is 6. The van der Waals surface area contributed by atoms with Gasteiger partial charge in [-0.25, -0.2) is 29.5 Å². The van der Waals surface area contributed by atoms with Gasteiger partial charge in [0.1, 0.15) is 19.6 Å². The highest BCUT2D eigenvalue weighted by Gasteiger charge is 1.98. The van der Waals surface area contributed by atoms with Gasteiger partial charge in [-0.3, -0.25) is 0 Å². The van der Waals surface area contributed by atoms with Crippen molar-refractivity contribution in [2.75, 3.05) is 0 Å². The molecule has 0 radical (unpaired) electrons. The Bertz CT molecular complexity index is 1130. The molecule has 0 fully saturated rings. The molecule has 0 aromatic carbocycles. The summed E-state index contributed by atoms with van der Waals surface area (Å²) in [6, 6.07) is 12.9. The van der Waals surface area contributed by atoms with Crippen LogP contribution in [0.25, 0.3) is 0 Å². The van der Waals surface area contributed by atoms with Gasteiger partial charge >= 0.3 is 21.6 Å². The quantitative estimate of drug-likeness (QED) is 0.253. The summed E-state index contributed by atoms with van der Waals surface area (Å²) in [6.07, 6.45) is 20.5. The summed E-state index contributed by atoms with van der Waals surface area (Å²) in [5.74, 6) is 2.42. The molecule has 0 unspecified atom stereocenters. The molecule has 0 N–H and O–H groups in total. The number of hydrogen-bond donors (Lipinski definition) is 0. The maximum atomic E-state index is 10.5. The Labute approximate surface area is 286 Å². The molecule has 15 heteroatoms. The molecule has 0 saturated heterocycles. The fraction of sp³-hybridized carbons (Fsp3) is 0.455. The standard InChI is InChI=1S/3C10H16N.3CBFNO/c3*1-3-4-7-11-8-5-10(2)6-9-11;3*3-2(5)1-4/h3*5-6,8-9H,3-4,7H2,1-2H3;;;/q3*+1;3*-1. The van der Waals surface area contributed by atoms with E-state index in [1.165, 1.54) is 55.2 Å². The Balaban J connectivity index is -0.000000527. The van der Waals surface area contributed by atoms with Crippen LogP contribution in [0.3, 0.4) is 0 Å². The molecule has 3 aromatic heterocycles. The van der Waals surface area contributed by atoms with Crippen molar-refractivity contribution in [3.8, 4) is 17.9 Å². The summed E-state index contributed by atoms with van der Waals surface area (Å²) in [5, 5.41) is 48.2. The van der Waals surface area contributed by atoms with Crippen molar-refractivity contribution >= 4 is 21.6 Å². The minimum Gasteiger partial charge on any atom is -0.840 e. The molecule has 0 aliphatic carbocycles. The third kappa shape index (κ3) is 36.3. The van der Waals surface area contributed by atoms with Crippen molar-refractivity contribution in [1.29, 1.82) is 15.8 Å². The van der Waals surface area contributed by atoms with Gasteiger partial charge in [-0.15, -0.1) is 0 Å². The summed E-state index contributed by atoms with van der Waals surface area (Å²) in [6.45, 7) is 16.4. The average molecular weight is 666 g/mol. The predicted molar refractivity (Wildman–Crippen MR) is 176 cm³/mol. The van der Waals surface area contributed by atoms with Crippen LogP contribution in [0.5, 0.6) is 0 Å². The van der Waals surface area contributed by atoms with Gasteiger partial charge in [0.05, 0.1) is 0 Å². The van der Waals surface area contributed by atoms with Crippen LogP contribution in [0.1, 0.15) is 76.0 Å². The lowest BCUT2D eigenvalue weighted by atomic mass is 10.0. The van der Waals surface area contributed by atoms with Crippen LogP contribution in [-0.2, 0) is 19.6 Å². The normalized spacial score (nSPS) is 8.69. The van der Waals surface area contributed by atoms with E-state index in [-0.39, 0.29) is 0 Å². The van der Waals surface area contributed by atoms with Gasteiger partial charge in [-0.2, -0.15) is 0 Å². The topological polar surface area (TPSA) is 152 Å². The average Bonchev–Trinajstić information content (AvgIpc) is 3.09. The molecule has 0 atom stereocenters. The highest BCUT2D eigenvalue weighted by Crippen LogP contribution is 1.93. The first-order valence-electron chi connectivity index (χ1n) is 15.7. The van der Waals surface area contributed by atoms with E-state index in [2.05, 4.69) is 129 Å². The molecular formula is C33H48B3F3N6O3. The molecule has 0 aliphatic heterocycles. The van der Waals surface area contributed by atoms with Crippen molar-refractivity contribution in [1.82, 2.24) is 0 Å². The number of halogens is 3. The minimum absolute atomic E-state index is 0.806. The van der Waals surface area contributed by atoms with Crippen molar-refractivity contribution in [2.24, 2.45) is 0 Å². The lowest BCUT2D eigenvalue weighted by molar-refractivity contribution is -0.697. The number of unbranched alkanes of at least 4 members (excludes halogenated alkanes) is 3. The number of nitriles is 3. The Morgan fingerprint density at radius 3 is 0.792 bits per heavy atom. The molecule has 9 nitrogen and oxygen atoms in total. The number of aromatic nitrogens is 3. The largest absolute Gasteiger partial charge is 0.840 e. The number of nitrogens with zero attached hydrogens (tertiary/aromatic N) is 6. The molecule has 258 valence electrons. The Morgan fingerprint density at radius 2 is 0.667 bits per heavy atom. The van der Waals surface area contributed by atoms with E-state index >= 15 is 0 Å². The third-order valence-corrected chi connectivity index (χ3v) is 5.79. The fourth-order valence-electron chi connectivity index (χ4n) is 3.06. The molecule has 0 bridgehead atoms. The van der Waals surface area contributed by atoms with Gasteiger partial charge in [-0.1, -0.05) is 40.0 Å². The summed E-state index contributed by atoms with van der Waals surface area (Å²) in [7, 11) is -7.68. The van der Waals surface area contributed by atoms with Crippen LogP contribution >= 0.6 is 0 Å². The second-order valence-corrected chi connectivity index (χ2v) is 10.2. The van der Waals surface area contributed by atoms with E-state index in [0.29, 0.717) is 0 Å². The summed E-state index contributed by atoms with van der Waals surface area (Å²) in [4.78, 5) is 0. The molecule has 0 aliphatic rings. The van der Waals surface area contributed by atoms with Gasteiger partial charge in [-0.05, 0) is 37.5 Å². The first kappa shape index (κ1) is 48.2. The highest BCUT2D eigenvalue weighted by molar-refractivity contribution is 6.49. The van der Waals surface area contributed by atoms with Gasteiger partial charge in [0.25, 0.3) is 0 Å². The lowest BCUT2D eigenvalue weighted by Crippen LogP contribution is -2.32. The van der Waals surface area contributed by atoms with Gasteiger partial charge in [0.15, 0.2) is 37.2 Å². The molecule has 0 spiro atoms. The Morgan fingerprint density at radius 1 is 0.500 bits per heavy atom. The van der Waals surface area contributed by atoms with Crippen molar-refractivity contribution < 1.29 is 41.7 Å². The van der Waals surface area contributed by atoms with Crippen LogP contribution in [0.15, 0.2) is 73.6 Å². The van der Waals surface area contributed by atoms with Crippen LogP contribution in [0.4, 0.5) is 12.9 Å². The zero-order chi connectivity index (χ0) is 37.2. The van der Waals surface area contributed by atoms with Crippen molar-refractivity contribution in [3.63, 3.8) is 0 Å². The fourth-order valence-corrected chi connectivity index (χ4v) is 3.06. The SMILES string of the molecule is CCCC[n+]1ccc(C)cc1.CCCC[n+]1ccc(C)cc1.CCCC[n+]1ccc(C)cc1.N#CB([O-])F.N#CB([O-])F.N#CB([O-])F. The molecule has 0 amide bonds. The van der Waals surface area contributed by atoms with Gasteiger partial charge in [0.2, 0.25) is 0 Å². The van der Waals surface area contributed by atoms with Crippen LogP contribution in [0.2, 0.25) is 0 Å². The van der Waals surface area contributed by atoms with E-state index in [1.54, 1.807) is 0 Å². The molecule has 3 heterocycles. The molecule has 48 heavy (non-hydrogen) atoms. The number of pyridine rings is 3. The maximum absolute atomic E-state index is 10.5. The molecular weight excluding hydrogens is 618 g/mol. The van der Waals surface area contributed by atoms with Crippen LogP contribution < -0.4 is 28.8 Å². The molecule has 0 saturated carbocycles. The van der Waals surface area contributed by atoms with E-state index in [1.807, 2.05) is 0 Å². The van der Waals surface area contributed by atoms with E-state index < -0.39 is 21.6 Å². The second kappa shape index (κ2) is 34.1. The summed E-state index contributed by atoms with van der Waals surface area (Å²) < 4.78 is 38.2. The lowest BCUT2D eigenvalue weighted by Gasteiger charge is -1.94. The second-order valence-electron chi connectivity index (χ2n) is 10.2. The Kier molecular flexibility index (Phi) is 34.3. The van der Waals surface area contributed by atoms with Crippen molar-refractivity contribution in [2.45, 2.75) is 99.7 Å². The first-order valence-corrected chi connectivity index (χ1v) is 15.7. The smallest absolute Gasteiger partial charge is 0.365 e. The van der Waals surface area contributed by atoms with E-state index in [9.17, 15) is 12.9 Å². The highest BCUT2D eigenvalue weighted by atomic mass is 19.1. The summed E-state index contributed by atoms with van der Waals surface area (Å²) >= 11 is 0. The first-order chi connectivity index (χ1) is 22.8. The maximum Gasteiger partial charge on any atom is 0.365 e. The minimum atomic E-state index is -2.56. The van der Waals surface area contributed by atoms with E-state index in [4.69, 9.17) is 30.9 Å².